The average molecular weight is 699 g/mol. The summed E-state index contributed by atoms with van der Waals surface area (Å²) in [6.07, 6.45) is 0. The smallest absolute Gasteiger partial charge is 0.0159 e. The first kappa shape index (κ1) is 31.7. The van der Waals surface area contributed by atoms with Gasteiger partial charge in [0.05, 0.1) is 0 Å². The molecular weight excluding hydrogens is 661 g/mol. The molecule has 0 fully saturated rings. The van der Waals surface area contributed by atoms with Crippen LogP contribution in [-0.2, 0) is 5.41 Å². The molecule has 258 valence electrons. The molecule has 0 unspecified atom stereocenters. The first-order chi connectivity index (χ1) is 27.0. The Balaban J connectivity index is 0.990. The highest BCUT2D eigenvalue weighted by molar-refractivity contribution is 6.12. The highest BCUT2D eigenvalue weighted by atomic mass is 14.4. The van der Waals surface area contributed by atoms with Crippen molar-refractivity contribution in [2.75, 3.05) is 0 Å². The topological polar surface area (TPSA) is 0 Å². The van der Waals surface area contributed by atoms with E-state index in [1.54, 1.807) is 0 Å². The third-order valence-electron chi connectivity index (χ3n) is 12.2. The Morgan fingerprint density at radius 2 is 0.727 bits per heavy atom. The van der Waals surface area contributed by atoms with Gasteiger partial charge >= 0.3 is 0 Å². The molecule has 55 heavy (non-hydrogen) atoms. The van der Waals surface area contributed by atoms with E-state index in [2.05, 4.69) is 208 Å². The second-order valence-corrected chi connectivity index (χ2v) is 15.7. The predicted octanol–water partition coefficient (Wildman–Crippen LogP) is 15.3. The number of rotatable bonds is 4. The van der Waals surface area contributed by atoms with Gasteiger partial charge in [0.2, 0.25) is 0 Å². The van der Waals surface area contributed by atoms with Gasteiger partial charge in [-0.1, -0.05) is 178 Å². The lowest BCUT2D eigenvalue weighted by atomic mass is 9.81. The SMILES string of the molecule is CC1(C)c2ccccc2-c2ccc(-c3ccc(-c4ccc5c(ccc6cc(-c7cc8ccccc8cc7-c7ccccc7)ccc65)c4)c4ccccc34)cc21. The summed E-state index contributed by atoms with van der Waals surface area (Å²) >= 11 is 0. The minimum absolute atomic E-state index is 0.0317. The Bertz CT molecular complexity index is 3160. The van der Waals surface area contributed by atoms with E-state index in [9.17, 15) is 0 Å². The van der Waals surface area contributed by atoms with E-state index in [-0.39, 0.29) is 5.41 Å². The monoisotopic (exact) mass is 698 g/mol. The van der Waals surface area contributed by atoms with Crippen LogP contribution in [0.2, 0.25) is 0 Å². The average Bonchev–Trinajstić information content (AvgIpc) is 3.47. The molecule has 10 aromatic carbocycles. The number of benzene rings is 10. The summed E-state index contributed by atoms with van der Waals surface area (Å²) in [4.78, 5) is 0. The fourth-order valence-corrected chi connectivity index (χ4v) is 9.42. The molecule has 0 heterocycles. The van der Waals surface area contributed by atoms with Gasteiger partial charge in [-0.25, -0.2) is 0 Å². The van der Waals surface area contributed by atoms with Crippen molar-refractivity contribution in [3.05, 3.63) is 205 Å². The van der Waals surface area contributed by atoms with Crippen LogP contribution in [-0.4, -0.2) is 0 Å². The Labute approximate surface area is 322 Å². The zero-order valence-electron chi connectivity index (χ0n) is 31.0. The fraction of sp³-hybridized carbons (Fsp3) is 0.0545. The minimum atomic E-state index is -0.0317. The van der Waals surface area contributed by atoms with Gasteiger partial charge in [0, 0.05) is 5.41 Å². The molecule has 0 aliphatic heterocycles. The van der Waals surface area contributed by atoms with E-state index in [4.69, 9.17) is 0 Å². The Morgan fingerprint density at radius 1 is 0.255 bits per heavy atom. The molecule has 0 amide bonds. The summed E-state index contributed by atoms with van der Waals surface area (Å²) in [6, 6.07) is 72.2. The molecule has 11 rings (SSSR count). The molecule has 0 radical (unpaired) electrons. The predicted molar refractivity (Wildman–Crippen MR) is 236 cm³/mol. The van der Waals surface area contributed by atoms with Crippen LogP contribution in [0, 0.1) is 0 Å². The van der Waals surface area contributed by atoms with Crippen molar-refractivity contribution in [3.8, 4) is 55.6 Å². The number of hydrogen-bond acceptors (Lipinski definition) is 0. The molecule has 10 aromatic rings. The van der Waals surface area contributed by atoms with Crippen molar-refractivity contribution >= 4 is 43.1 Å². The van der Waals surface area contributed by atoms with Crippen LogP contribution in [0.4, 0.5) is 0 Å². The number of hydrogen-bond donors (Lipinski definition) is 0. The first-order valence-corrected chi connectivity index (χ1v) is 19.3. The molecule has 0 nitrogen and oxygen atoms in total. The third kappa shape index (κ3) is 4.99. The summed E-state index contributed by atoms with van der Waals surface area (Å²) in [5, 5.41) is 10.1. The van der Waals surface area contributed by atoms with E-state index in [1.807, 2.05) is 0 Å². The van der Waals surface area contributed by atoms with Crippen molar-refractivity contribution in [1.82, 2.24) is 0 Å². The van der Waals surface area contributed by atoms with Gasteiger partial charge in [-0.15, -0.1) is 0 Å². The van der Waals surface area contributed by atoms with E-state index in [1.165, 1.54) is 110 Å². The summed E-state index contributed by atoms with van der Waals surface area (Å²) in [5.41, 5.74) is 15.5. The third-order valence-corrected chi connectivity index (χ3v) is 12.2. The molecule has 1 aliphatic carbocycles. The van der Waals surface area contributed by atoms with Crippen LogP contribution in [0.1, 0.15) is 25.0 Å². The lowest BCUT2D eigenvalue weighted by Crippen LogP contribution is -2.14. The van der Waals surface area contributed by atoms with Crippen LogP contribution in [0.25, 0.3) is 98.7 Å². The largest absolute Gasteiger partial charge is 0.0622 e. The molecule has 0 saturated carbocycles. The molecule has 0 atom stereocenters. The second-order valence-electron chi connectivity index (χ2n) is 15.7. The molecule has 0 saturated heterocycles. The van der Waals surface area contributed by atoms with E-state index < -0.39 is 0 Å². The van der Waals surface area contributed by atoms with Crippen LogP contribution in [0.3, 0.4) is 0 Å². The van der Waals surface area contributed by atoms with Gasteiger partial charge in [0.1, 0.15) is 0 Å². The first-order valence-electron chi connectivity index (χ1n) is 19.3. The molecule has 0 aromatic heterocycles. The van der Waals surface area contributed by atoms with Gasteiger partial charge in [0.15, 0.2) is 0 Å². The van der Waals surface area contributed by atoms with Crippen LogP contribution in [0.15, 0.2) is 194 Å². The fourth-order valence-electron chi connectivity index (χ4n) is 9.42. The quantitative estimate of drug-likeness (QED) is 0.161. The summed E-state index contributed by atoms with van der Waals surface area (Å²) < 4.78 is 0. The van der Waals surface area contributed by atoms with Gasteiger partial charge in [-0.3, -0.25) is 0 Å². The Hall–Kier alpha value is -6.76. The highest BCUT2D eigenvalue weighted by Gasteiger charge is 2.35. The van der Waals surface area contributed by atoms with Crippen molar-refractivity contribution in [3.63, 3.8) is 0 Å². The lowest BCUT2D eigenvalue weighted by Gasteiger charge is -2.22. The normalized spacial score (nSPS) is 13.1. The zero-order valence-corrected chi connectivity index (χ0v) is 31.0. The standard InChI is InChI=1S/C55H38/c1-55(2)53-19-11-10-18-49(53)50-27-24-42(34-54(50)55)46-29-28-45(47-16-8-9-17-48(46)47)40-22-25-43-38(30-40)20-21-39-31-41(23-26-44(39)43)52-33-37-15-7-6-14-36(37)32-51(52)35-12-4-3-5-13-35/h3-34H,1-2H3. The van der Waals surface area contributed by atoms with Gasteiger partial charge in [-0.05, 0) is 140 Å². The molecule has 0 N–H and O–H groups in total. The molecule has 0 spiro atoms. The van der Waals surface area contributed by atoms with Crippen LogP contribution >= 0.6 is 0 Å². The van der Waals surface area contributed by atoms with Gasteiger partial charge in [0.25, 0.3) is 0 Å². The Morgan fingerprint density at radius 3 is 1.38 bits per heavy atom. The molecule has 0 bridgehead atoms. The van der Waals surface area contributed by atoms with Gasteiger partial charge in [-0.2, -0.15) is 0 Å². The maximum atomic E-state index is 2.44. The second kappa shape index (κ2) is 12.1. The van der Waals surface area contributed by atoms with Crippen molar-refractivity contribution in [2.24, 2.45) is 0 Å². The minimum Gasteiger partial charge on any atom is -0.0622 e. The van der Waals surface area contributed by atoms with Crippen molar-refractivity contribution in [2.45, 2.75) is 19.3 Å². The molecular formula is C55H38. The van der Waals surface area contributed by atoms with Crippen molar-refractivity contribution < 1.29 is 0 Å². The zero-order chi connectivity index (χ0) is 36.7. The molecule has 0 heteroatoms. The van der Waals surface area contributed by atoms with E-state index in [0.717, 1.165) is 0 Å². The summed E-state index contributed by atoms with van der Waals surface area (Å²) in [7, 11) is 0. The summed E-state index contributed by atoms with van der Waals surface area (Å²) in [6.45, 7) is 4.72. The molecule has 1 aliphatic rings. The van der Waals surface area contributed by atoms with E-state index >= 15 is 0 Å². The van der Waals surface area contributed by atoms with E-state index in [0.29, 0.717) is 0 Å². The van der Waals surface area contributed by atoms with Gasteiger partial charge < -0.3 is 0 Å². The summed E-state index contributed by atoms with van der Waals surface area (Å²) in [5.74, 6) is 0. The Kier molecular flexibility index (Phi) is 7.00. The number of fused-ring (bicyclic) bond motifs is 8. The highest BCUT2D eigenvalue weighted by Crippen LogP contribution is 2.50. The maximum Gasteiger partial charge on any atom is 0.0159 e. The lowest BCUT2D eigenvalue weighted by molar-refractivity contribution is 0.660. The van der Waals surface area contributed by atoms with Crippen LogP contribution < -0.4 is 0 Å². The van der Waals surface area contributed by atoms with Crippen LogP contribution in [0.5, 0.6) is 0 Å². The maximum absolute atomic E-state index is 2.44. The van der Waals surface area contributed by atoms with Crippen molar-refractivity contribution in [1.29, 1.82) is 0 Å².